The summed E-state index contributed by atoms with van der Waals surface area (Å²) in [6, 6.07) is 6.51. The van der Waals surface area contributed by atoms with Crippen molar-refractivity contribution in [2.24, 2.45) is 11.8 Å². The van der Waals surface area contributed by atoms with Gasteiger partial charge in [0.2, 0.25) is 11.8 Å². The van der Waals surface area contributed by atoms with E-state index < -0.39 is 0 Å². The molecule has 0 atom stereocenters. The Hall–Kier alpha value is -1.91. The molecule has 1 aromatic rings. The molecule has 0 bridgehead atoms. The van der Waals surface area contributed by atoms with Crippen LogP contribution >= 0.6 is 0 Å². The second-order valence-electron chi connectivity index (χ2n) is 7.60. The number of likely N-dealkylation sites (tertiary alicyclic amines) is 1. The van der Waals surface area contributed by atoms with Gasteiger partial charge in [0.25, 0.3) is 0 Å². The van der Waals surface area contributed by atoms with Gasteiger partial charge in [0.1, 0.15) is 5.82 Å². The second-order valence-corrected chi connectivity index (χ2v) is 7.60. The maximum atomic E-state index is 12.9. The van der Waals surface area contributed by atoms with Gasteiger partial charge in [0.05, 0.1) is 0 Å². The Morgan fingerprint density at radius 2 is 1.65 bits per heavy atom. The average Bonchev–Trinajstić information content (AvgIpc) is 3.21. The fourth-order valence-electron chi connectivity index (χ4n) is 4.09. The van der Waals surface area contributed by atoms with E-state index >= 15 is 0 Å². The third-order valence-corrected chi connectivity index (χ3v) is 5.74. The molecule has 1 aromatic carbocycles. The van der Waals surface area contributed by atoms with Crippen molar-refractivity contribution in [2.45, 2.75) is 51.4 Å². The van der Waals surface area contributed by atoms with E-state index in [-0.39, 0.29) is 23.6 Å². The van der Waals surface area contributed by atoms with Gasteiger partial charge in [0, 0.05) is 31.5 Å². The molecule has 1 heterocycles. The third kappa shape index (κ3) is 5.05. The van der Waals surface area contributed by atoms with Gasteiger partial charge in [-0.2, -0.15) is 0 Å². The van der Waals surface area contributed by atoms with E-state index in [1.165, 1.54) is 25.0 Å². The zero-order valence-electron chi connectivity index (χ0n) is 15.4. The summed E-state index contributed by atoms with van der Waals surface area (Å²) in [5.74, 6) is 0.442. The summed E-state index contributed by atoms with van der Waals surface area (Å²) in [6.07, 6.45) is 7.62. The molecule has 1 saturated heterocycles. The molecule has 4 nitrogen and oxygen atoms in total. The highest BCUT2D eigenvalue weighted by Gasteiger charge is 2.31. The van der Waals surface area contributed by atoms with Crippen molar-refractivity contribution < 1.29 is 14.0 Å². The number of carbonyl (C=O) groups excluding carboxylic acids is 2. The fraction of sp³-hybridized carbons (Fsp3) is 0.619. The van der Waals surface area contributed by atoms with Gasteiger partial charge < -0.3 is 10.2 Å². The summed E-state index contributed by atoms with van der Waals surface area (Å²) in [5.41, 5.74) is 1.08. The number of benzene rings is 1. The molecule has 26 heavy (non-hydrogen) atoms. The Labute approximate surface area is 155 Å². The van der Waals surface area contributed by atoms with E-state index in [2.05, 4.69) is 5.32 Å². The van der Waals surface area contributed by atoms with Gasteiger partial charge >= 0.3 is 0 Å². The highest BCUT2D eigenvalue weighted by atomic mass is 19.1. The van der Waals surface area contributed by atoms with Crippen molar-refractivity contribution in [1.29, 1.82) is 0 Å². The van der Waals surface area contributed by atoms with E-state index in [0.29, 0.717) is 25.5 Å². The minimum Gasteiger partial charge on any atom is -0.356 e. The molecule has 1 aliphatic carbocycles. The quantitative estimate of drug-likeness (QED) is 0.792. The van der Waals surface area contributed by atoms with Crippen molar-refractivity contribution in [2.75, 3.05) is 19.6 Å². The van der Waals surface area contributed by atoms with Crippen LogP contribution in [0.25, 0.3) is 0 Å². The molecule has 0 radical (unpaired) electrons. The summed E-state index contributed by atoms with van der Waals surface area (Å²) >= 11 is 0. The van der Waals surface area contributed by atoms with E-state index in [4.69, 9.17) is 0 Å². The predicted octanol–water partition coefficient (Wildman–Crippen LogP) is 3.30. The van der Waals surface area contributed by atoms with E-state index in [0.717, 1.165) is 44.1 Å². The summed E-state index contributed by atoms with van der Waals surface area (Å²) in [4.78, 5) is 26.7. The first-order valence-corrected chi connectivity index (χ1v) is 9.94. The Morgan fingerprint density at radius 3 is 2.31 bits per heavy atom. The van der Waals surface area contributed by atoms with Crippen molar-refractivity contribution in [1.82, 2.24) is 10.2 Å². The van der Waals surface area contributed by atoms with Gasteiger partial charge in [-0.1, -0.05) is 25.0 Å². The Balaban J connectivity index is 1.33. The van der Waals surface area contributed by atoms with Gasteiger partial charge in [-0.3, -0.25) is 9.59 Å². The minimum atomic E-state index is -0.222. The monoisotopic (exact) mass is 360 g/mol. The summed E-state index contributed by atoms with van der Waals surface area (Å²) < 4.78 is 12.9. The lowest BCUT2D eigenvalue weighted by atomic mass is 9.94. The highest BCUT2D eigenvalue weighted by Crippen LogP contribution is 2.28. The van der Waals surface area contributed by atoms with Crippen LogP contribution in [0.3, 0.4) is 0 Å². The molecule has 1 aliphatic heterocycles. The Bertz CT molecular complexity index is 603. The maximum absolute atomic E-state index is 12.9. The largest absolute Gasteiger partial charge is 0.356 e. The maximum Gasteiger partial charge on any atom is 0.225 e. The number of aryl methyl sites for hydroxylation is 1. The molecule has 2 amide bonds. The van der Waals surface area contributed by atoms with Crippen LogP contribution in [0.2, 0.25) is 0 Å². The number of hydrogen-bond acceptors (Lipinski definition) is 2. The van der Waals surface area contributed by atoms with Gasteiger partial charge in [-0.25, -0.2) is 4.39 Å². The lowest BCUT2D eigenvalue weighted by Gasteiger charge is -2.33. The standard InChI is InChI=1S/C21H29FN2O2/c22-19-9-7-16(8-10-19)4-3-13-23-20(25)17-11-14-24(15-12-17)21(26)18-5-1-2-6-18/h7-10,17-18H,1-6,11-15H2,(H,23,25). The Kier molecular flexibility index (Phi) is 6.64. The smallest absolute Gasteiger partial charge is 0.225 e. The van der Waals surface area contributed by atoms with Crippen LogP contribution in [-0.4, -0.2) is 36.3 Å². The lowest BCUT2D eigenvalue weighted by molar-refractivity contribution is -0.139. The third-order valence-electron chi connectivity index (χ3n) is 5.74. The van der Waals surface area contributed by atoms with Crippen molar-refractivity contribution in [3.05, 3.63) is 35.6 Å². The molecular formula is C21H29FN2O2. The van der Waals surface area contributed by atoms with Crippen LogP contribution in [-0.2, 0) is 16.0 Å². The van der Waals surface area contributed by atoms with Crippen molar-refractivity contribution in [3.8, 4) is 0 Å². The zero-order valence-corrected chi connectivity index (χ0v) is 15.4. The molecule has 3 rings (SSSR count). The molecular weight excluding hydrogens is 331 g/mol. The molecule has 2 aliphatic rings. The van der Waals surface area contributed by atoms with Gasteiger partial charge in [-0.05, 0) is 56.2 Å². The van der Waals surface area contributed by atoms with Gasteiger partial charge in [-0.15, -0.1) is 0 Å². The molecule has 1 N–H and O–H groups in total. The van der Waals surface area contributed by atoms with E-state index in [9.17, 15) is 14.0 Å². The molecule has 0 unspecified atom stereocenters. The van der Waals surface area contributed by atoms with Crippen LogP contribution in [0.4, 0.5) is 4.39 Å². The topological polar surface area (TPSA) is 49.4 Å². The van der Waals surface area contributed by atoms with Crippen LogP contribution in [0.15, 0.2) is 24.3 Å². The van der Waals surface area contributed by atoms with Crippen molar-refractivity contribution >= 4 is 11.8 Å². The average molecular weight is 360 g/mol. The first-order chi connectivity index (χ1) is 12.6. The van der Waals surface area contributed by atoms with E-state index in [1.54, 1.807) is 12.1 Å². The second kappa shape index (κ2) is 9.15. The van der Waals surface area contributed by atoms with E-state index in [1.807, 2.05) is 4.90 Å². The Morgan fingerprint density at radius 1 is 1.00 bits per heavy atom. The first kappa shape index (κ1) is 18.9. The molecule has 0 spiro atoms. The number of amides is 2. The minimum absolute atomic E-state index is 0.0217. The molecule has 0 aromatic heterocycles. The fourth-order valence-corrected chi connectivity index (χ4v) is 4.09. The number of carbonyl (C=O) groups is 2. The predicted molar refractivity (Wildman–Crippen MR) is 99.0 cm³/mol. The van der Waals surface area contributed by atoms with Crippen LogP contribution < -0.4 is 5.32 Å². The number of rotatable bonds is 6. The molecule has 2 fully saturated rings. The normalized spacial score (nSPS) is 18.9. The number of nitrogens with zero attached hydrogens (tertiary/aromatic N) is 1. The zero-order chi connectivity index (χ0) is 18.4. The molecule has 5 heteroatoms. The van der Waals surface area contributed by atoms with Crippen LogP contribution in [0, 0.1) is 17.7 Å². The lowest BCUT2D eigenvalue weighted by Crippen LogP contribution is -2.44. The number of piperidine rings is 1. The molecule has 142 valence electrons. The van der Waals surface area contributed by atoms with Crippen molar-refractivity contribution in [3.63, 3.8) is 0 Å². The number of nitrogens with one attached hydrogen (secondary N) is 1. The number of halogens is 1. The number of hydrogen-bond donors (Lipinski definition) is 1. The van der Waals surface area contributed by atoms with Crippen LogP contribution in [0.1, 0.15) is 50.5 Å². The van der Waals surface area contributed by atoms with Crippen LogP contribution in [0.5, 0.6) is 0 Å². The van der Waals surface area contributed by atoms with Gasteiger partial charge in [0.15, 0.2) is 0 Å². The summed E-state index contributed by atoms with van der Waals surface area (Å²) in [5, 5.41) is 3.02. The highest BCUT2D eigenvalue weighted by molar-refractivity contribution is 5.81. The first-order valence-electron chi connectivity index (χ1n) is 9.94. The summed E-state index contributed by atoms with van der Waals surface area (Å²) in [7, 11) is 0. The molecule has 1 saturated carbocycles. The SMILES string of the molecule is O=C(NCCCc1ccc(F)cc1)C1CCN(C(=O)C2CCCC2)CC1. The summed E-state index contributed by atoms with van der Waals surface area (Å²) in [6.45, 7) is 2.06.